The summed E-state index contributed by atoms with van der Waals surface area (Å²) in [6.45, 7) is 1.30. The van der Waals surface area contributed by atoms with Crippen LogP contribution >= 0.6 is 0 Å². The summed E-state index contributed by atoms with van der Waals surface area (Å²) in [4.78, 5) is 4.19. The van der Waals surface area contributed by atoms with Gasteiger partial charge in [0.2, 0.25) is 10.0 Å². The highest BCUT2D eigenvalue weighted by molar-refractivity contribution is 7.89. The van der Waals surface area contributed by atoms with Crippen molar-refractivity contribution < 1.29 is 8.42 Å². The van der Waals surface area contributed by atoms with Crippen LogP contribution in [-0.4, -0.2) is 24.5 Å². The summed E-state index contributed by atoms with van der Waals surface area (Å²) in [6, 6.07) is 6.76. The maximum absolute atomic E-state index is 12.2. The van der Waals surface area contributed by atoms with E-state index in [2.05, 4.69) is 9.71 Å². The molecule has 0 amide bonds. The summed E-state index contributed by atoms with van der Waals surface area (Å²) in [7, 11) is -3.50. The fraction of sp³-hybridized carbons (Fsp3) is 0.308. The summed E-state index contributed by atoms with van der Waals surface area (Å²) >= 11 is 0. The minimum absolute atomic E-state index is 0.201. The van der Waals surface area contributed by atoms with Gasteiger partial charge in [-0.2, -0.15) is 0 Å². The van der Waals surface area contributed by atoms with Gasteiger partial charge in [-0.1, -0.05) is 18.2 Å². The average molecular weight is 294 g/mol. The van der Waals surface area contributed by atoms with E-state index in [0.29, 0.717) is 18.5 Å². The molecule has 0 unspecified atom stereocenters. The van der Waals surface area contributed by atoms with Crippen LogP contribution in [0, 0.1) is 0 Å². The van der Waals surface area contributed by atoms with Gasteiger partial charge in [-0.25, -0.2) is 18.1 Å². The molecule has 0 spiro atoms. The van der Waals surface area contributed by atoms with Gasteiger partial charge in [0, 0.05) is 32.0 Å². The molecular weight excluding hydrogens is 276 g/mol. The first-order valence-corrected chi connectivity index (χ1v) is 7.85. The van der Waals surface area contributed by atoms with Gasteiger partial charge in [-0.05, 0) is 18.1 Å². The van der Waals surface area contributed by atoms with Gasteiger partial charge < -0.3 is 10.3 Å². The molecule has 2 aromatic rings. The molecule has 0 atom stereocenters. The lowest BCUT2D eigenvalue weighted by atomic mass is 10.2. The van der Waals surface area contributed by atoms with E-state index >= 15 is 0 Å². The van der Waals surface area contributed by atoms with Crippen molar-refractivity contribution in [1.82, 2.24) is 14.3 Å². The smallest absolute Gasteiger partial charge is 0.240 e. The van der Waals surface area contributed by atoms with Gasteiger partial charge in [0.05, 0.1) is 11.2 Å². The molecule has 0 aliphatic rings. The van der Waals surface area contributed by atoms with Crippen molar-refractivity contribution in [3.63, 3.8) is 0 Å². The Hall–Kier alpha value is -1.70. The number of imidazole rings is 1. The Morgan fingerprint density at radius 3 is 2.80 bits per heavy atom. The van der Waals surface area contributed by atoms with Crippen molar-refractivity contribution in [1.29, 1.82) is 0 Å². The zero-order chi connectivity index (χ0) is 14.4. The van der Waals surface area contributed by atoms with E-state index in [1.54, 1.807) is 36.8 Å². The number of hydrogen-bond acceptors (Lipinski definition) is 4. The van der Waals surface area contributed by atoms with Crippen LogP contribution in [0.15, 0.2) is 47.9 Å². The number of rotatable bonds is 7. The summed E-state index contributed by atoms with van der Waals surface area (Å²) in [6.07, 6.45) is 5.94. The highest BCUT2D eigenvalue weighted by Gasteiger charge is 2.16. The third-order valence-corrected chi connectivity index (χ3v) is 4.49. The largest absolute Gasteiger partial charge is 0.337 e. The van der Waals surface area contributed by atoms with Crippen molar-refractivity contribution in [3.05, 3.63) is 48.5 Å². The van der Waals surface area contributed by atoms with Crippen LogP contribution in [0.5, 0.6) is 0 Å². The number of nitrogens with zero attached hydrogens (tertiary/aromatic N) is 2. The second kappa shape index (κ2) is 6.65. The Morgan fingerprint density at radius 1 is 1.30 bits per heavy atom. The summed E-state index contributed by atoms with van der Waals surface area (Å²) in [5, 5.41) is 0. The van der Waals surface area contributed by atoms with Gasteiger partial charge in [-0.15, -0.1) is 0 Å². The molecule has 20 heavy (non-hydrogen) atoms. The predicted octanol–water partition coefficient (Wildman–Crippen LogP) is 0.710. The Labute approximate surface area is 118 Å². The zero-order valence-electron chi connectivity index (χ0n) is 11.1. The molecule has 0 saturated carbocycles. The SMILES string of the molecule is NCc1ccccc1S(=O)(=O)NCCCn1ccnc1. The van der Waals surface area contributed by atoms with E-state index in [4.69, 9.17) is 5.73 Å². The van der Waals surface area contributed by atoms with Crippen molar-refractivity contribution in [2.45, 2.75) is 24.4 Å². The van der Waals surface area contributed by atoms with E-state index in [1.807, 2.05) is 10.8 Å². The van der Waals surface area contributed by atoms with Crippen LogP contribution in [0.2, 0.25) is 0 Å². The molecule has 0 radical (unpaired) electrons. The van der Waals surface area contributed by atoms with Gasteiger partial charge in [0.25, 0.3) is 0 Å². The summed E-state index contributed by atoms with van der Waals surface area (Å²) in [5.74, 6) is 0. The molecule has 0 aliphatic carbocycles. The minimum Gasteiger partial charge on any atom is -0.337 e. The van der Waals surface area contributed by atoms with Gasteiger partial charge >= 0.3 is 0 Å². The maximum atomic E-state index is 12.2. The molecule has 1 aromatic heterocycles. The number of aryl methyl sites for hydroxylation is 1. The fourth-order valence-corrected chi connectivity index (χ4v) is 3.22. The molecule has 0 bridgehead atoms. The highest BCUT2D eigenvalue weighted by atomic mass is 32.2. The topological polar surface area (TPSA) is 90.0 Å². The van der Waals surface area contributed by atoms with Crippen LogP contribution in [0.1, 0.15) is 12.0 Å². The fourth-order valence-electron chi connectivity index (χ4n) is 1.90. The van der Waals surface area contributed by atoms with Crippen LogP contribution < -0.4 is 10.5 Å². The Balaban J connectivity index is 1.94. The normalized spacial score (nSPS) is 11.7. The molecule has 2 rings (SSSR count). The van der Waals surface area contributed by atoms with Crippen LogP contribution in [-0.2, 0) is 23.1 Å². The summed E-state index contributed by atoms with van der Waals surface area (Å²) in [5.41, 5.74) is 6.18. The molecule has 0 aliphatic heterocycles. The molecule has 1 heterocycles. The standard InChI is InChI=1S/C13H18N4O2S/c14-10-12-4-1-2-5-13(12)20(18,19)16-6-3-8-17-9-7-15-11-17/h1-2,4-5,7,9,11,16H,3,6,8,10,14H2. The van der Waals surface area contributed by atoms with Crippen molar-refractivity contribution in [2.24, 2.45) is 5.73 Å². The predicted molar refractivity (Wildman–Crippen MR) is 76.4 cm³/mol. The van der Waals surface area contributed by atoms with Crippen LogP contribution in [0.3, 0.4) is 0 Å². The second-order valence-corrected chi connectivity index (χ2v) is 6.10. The lowest BCUT2D eigenvalue weighted by Crippen LogP contribution is -2.26. The van der Waals surface area contributed by atoms with Crippen molar-refractivity contribution in [2.75, 3.05) is 6.54 Å². The number of benzene rings is 1. The van der Waals surface area contributed by atoms with E-state index in [0.717, 1.165) is 6.54 Å². The third kappa shape index (κ3) is 3.66. The number of sulfonamides is 1. The first-order valence-electron chi connectivity index (χ1n) is 6.37. The van der Waals surface area contributed by atoms with Gasteiger partial charge in [-0.3, -0.25) is 0 Å². The molecule has 6 nitrogen and oxygen atoms in total. The Morgan fingerprint density at radius 2 is 2.10 bits per heavy atom. The quantitative estimate of drug-likeness (QED) is 0.736. The third-order valence-electron chi connectivity index (χ3n) is 2.93. The first-order chi connectivity index (χ1) is 9.63. The number of aromatic nitrogens is 2. The summed E-state index contributed by atoms with van der Waals surface area (Å²) < 4.78 is 28.9. The molecule has 108 valence electrons. The second-order valence-electron chi connectivity index (χ2n) is 4.36. The van der Waals surface area contributed by atoms with E-state index < -0.39 is 10.0 Å². The molecule has 3 N–H and O–H groups in total. The van der Waals surface area contributed by atoms with Gasteiger partial charge in [0.1, 0.15) is 0 Å². The number of nitrogens with one attached hydrogen (secondary N) is 1. The molecule has 7 heteroatoms. The van der Waals surface area contributed by atoms with Crippen molar-refractivity contribution >= 4 is 10.0 Å². The lowest BCUT2D eigenvalue weighted by molar-refractivity contribution is 0.568. The molecule has 1 aromatic carbocycles. The number of hydrogen-bond donors (Lipinski definition) is 2. The average Bonchev–Trinajstić information content (AvgIpc) is 2.97. The van der Waals surface area contributed by atoms with Crippen LogP contribution in [0.25, 0.3) is 0 Å². The molecule has 0 saturated heterocycles. The monoisotopic (exact) mass is 294 g/mol. The Bertz CT molecular complexity index is 638. The first kappa shape index (κ1) is 14.7. The number of nitrogens with two attached hydrogens (primary N) is 1. The zero-order valence-corrected chi connectivity index (χ0v) is 11.9. The van der Waals surface area contributed by atoms with E-state index in [9.17, 15) is 8.42 Å². The van der Waals surface area contributed by atoms with E-state index in [1.165, 1.54) is 0 Å². The minimum atomic E-state index is -3.50. The maximum Gasteiger partial charge on any atom is 0.240 e. The van der Waals surface area contributed by atoms with Crippen LogP contribution in [0.4, 0.5) is 0 Å². The molecule has 0 fully saturated rings. The lowest BCUT2D eigenvalue weighted by Gasteiger charge is -2.10. The van der Waals surface area contributed by atoms with Crippen molar-refractivity contribution in [3.8, 4) is 0 Å². The molecular formula is C13H18N4O2S. The van der Waals surface area contributed by atoms with E-state index in [-0.39, 0.29) is 11.4 Å². The Kier molecular flexibility index (Phi) is 4.89. The van der Waals surface area contributed by atoms with Gasteiger partial charge in [0.15, 0.2) is 0 Å². The highest BCUT2D eigenvalue weighted by Crippen LogP contribution is 2.14.